The molecular weight excluding hydrogens is 212 g/mol. The molecule has 16 heavy (non-hydrogen) atoms. The molecule has 0 aliphatic carbocycles. The summed E-state index contributed by atoms with van der Waals surface area (Å²) < 4.78 is 5.02. The fraction of sp³-hybridized carbons (Fsp3) is 0.300. The number of hydrogen-bond donors (Lipinski definition) is 0. The number of nitro benzene ring substituents is 1. The third-order valence-electron chi connectivity index (χ3n) is 1.69. The van der Waals surface area contributed by atoms with Gasteiger partial charge in [0.2, 0.25) is 11.6 Å². The van der Waals surface area contributed by atoms with Gasteiger partial charge in [-0.25, -0.2) is 0 Å². The van der Waals surface area contributed by atoms with Crippen LogP contribution >= 0.6 is 0 Å². The van der Waals surface area contributed by atoms with Crippen molar-refractivity contribution >= 4 is 11.6 Å². The first kappa shape index (κ1) is 12.0. The van der Waals surface area contributed by atoms with E-state index >= 15 is 0 Å². The summed E-state index contributed by atoms with van der Waals surface area (Å²) in [7, 11) is 0. The van der Waals surface area contributed by atoms with Crippen molar-refractivity contribution in [1.82, 2.24) is 0 Å². The Morgan fingerprint density at radius 2 is 2.19 bits per heavy atom. The number of oxime groups is 1. The van der Waals surface area contributed by atoms with E-state index in [-0.39, 0.29) is 11.4 Å². The van der Waals surface area contributed by atoms with Gasteiger partial charge in [0.1, 0.15) is 0 Å². The van der Waals surface area contributed by atoms with Crippen LogP contribution in [-0.4, -0.2) is 17.4 Å². The molecule has 1 aromatic rings. The van der Waals surface area contributed by atoms with Gasteiger partial charge in [-0.3, -0.25) is 10.1 Å². The lowest BCUT2D eigenvalue weighted by molar-refractivity contribution is -0.385. The molecule has 6 nitrogen and oxygen atoms in total. The quantitative estimate of drug-likeness (QED) is 0.340. The van der Waals surface area contributed by atoms with E-state index in [1.54, 1.807) is 19.1 Å². The molecule has 0 N–H and O–H groups in total. The first-order valence-corrected chi connectivity index (χ1v) is 4.73. The minimum absolute atomic E-state index is 0.0894. The molecule has 0 saturated heterocycles. The monoisotopic (exact) mass is 224 g/mol. The number of rotatable bonds is 4. The highest BCUT2D eigenvalue weighted by Gasteiger charge is 2.13. The van der Waals surface area contributed by atoms with Crippen molar-refractivity contribution < 1.29 is 14.5 Å². The SMILES string of the molecule is CCO/C(C)=N/Oc1ccccc1[N+](=O)[O-]. The molecule has 0 aliphatic heterocycles. The van der Waals surface area contributed by atoms with Crippen LogP contribution in [0.3, 0.4) is 0 Å². The predicted octanol–water partition coefficient (Wildman–Crippen LogP) is 2.34. The normalized spacial score (nSPS) is 11.0. The average Bonchev–Trinajstić information content (AvgIpc) is 2.27. The van der Waals surface area contributed by atoms with Crippen LogP contribution in [0, 0.1) is 10.1 Å². The fourth-order valence-corrected chi connectivity index (χ4v) is 1.03. The topological polar surface area (TPSA) is 74.0 Å². The zero-order valence-corrected chi connectivity index (χ0v) is 9.04. The highest BCUT2D eigenvalue weighted by Crippen LogP contribution is 2.25. The number of para-hydroxylation sites is 2. The Morgan fingerprint density at radius 1 is 1.50 bits per heavy atom. The van der Waals surface area contributed by atoms with E-state index in [1.165, 1.54) is 12.1 Å². The van der Waals surface area contributed by atoms with Crippen molar-refractivity contribution in [3.63, 3.8) is 0 Å². The van der Waals surface area contributed by atoms with Crippen LogP contribution < -0.4 is 4.84 Å². The molecule has 0 aromatic heterocycles. The van der Waals surface area contributed by atoms with Gasteiger partial charge in [0.15, 0.2) is 0 Å². The smallest absolute Gasteiger partial charge is 0.314 e. The van der Waals surface area contributed by atoms with Crippen molar-refractivity contribution in [1.29, 1.82) is 0 Å². The van der Waals surface area contributed by atoms with Crippen LogP contribution in [0.15, 0.2) is 29.4 Å². The Bertz CT molecular complexity index is 404. The van der Waals surface area contributed by atoms with Crippen molar-refractivity contribution in [2.24, 2.45) is 5.16 Å². The van der Waals surface area contributed by atoms with Gasteiger partial charge in [-0.2, -0.15) is 0 Å². The minimum atomic E-state index is -0.527. The maximum absolute atomic E-state index is 10.6. The summed E-state index contributed by atoms with van der Waals surface area (Å²) in [4.78, 5) is 15.0. The maximum Gasteiger partial charge on any atom is 0.314 e. The lowest BCUT2D eigenvalue weighted by atomic mass is 10.3. The molecule has 0 bridgehead atoms. The van der Waals surface area contributed by atoms with Crippen LogP contribution in [0.2, 0.25) is 0 Å². The van der Waals surface area contributed by atoms with Crippen molar-refractivity contribution in [3.05, 3.63) is 34.4 Å². The lowest BCUT2D eigenvalue weighted by Crippen LogP contribution is -2.01. The largest absolute Gasteiger partial charge is 0.479 e. The van der Waals surface area contributed by atoms with Gasteiger partial charge in [-0.1, -0.05) is 12.1 Å². The van der Waals surface area contributed by atoms with Gasteiger partial charge in [-0.15, -0.1) is 0 Å². The van der Waals surface area contributed by atoms with E-state index in [9.17, 15) is 10.1 Å². The lowest BCUT2D eigenvalue weighted by Gasteiger charge is -2.02. The Labute approximate surface area is 92.6 Å². The fourth-order valence-electron chi connectivity index (χ4n) is 1.03. The third-order valence-corrected chi connectivity index (χ3v) is 1.69. The van der Waals surface area contributed by atoms with E-state index in [0.717, 1.165) is 0 Å². The second kappa shape index (κ2) is 5.69. The zero-order valence-electron chi connectivity index (χ0n) is 9.04. The number of benzene rings is 1. The van der Waals surface area contributed by atoms with E-state index in [4.69, 9.17) is 9.57 Å². The number of hydrogen-bond acceptors (Lipinski definition) is 5. The summed E-state index contributed by atoms with van der Waals surface area (Å²) in [5.74, 6) is 0.409. The third kappa shape index (κ3) is 3.23. The second-order valence-electron chi connectivity index (χ2n) is 2.86. The Balaban J connectivity index is 2.81. The van der Waals surface area contributed by atoms with Gasteiger partial charge in [0.05, 0.1) is 11.5 Å². The van der Waals surface area contributed by atoms with E-state index < -0.39 is 4.92 Å². The average molecular weight is 224 g/mol. The Hall–Kier alpha value is -2.11. The summed E-state index contributed by atoms with van der Waals surface area (Å²) in [5, 5.41) is 14.3. The minimum Gasteiger partial charge on any atom is -0.479 e. The molecular formula is C10H12N2O4. The summed E-state index contributed by atoms with van der Waals surface area (Å²) in [5.41, 5.74) is -0.129. The molecule has 0 aliphatic rings. The molecule has 1 aromatic carbocycles. The van der Waals surface area contributed by atoms with Crippen LogP contribution in [0.1, 0.15) is 13.8 Å². The highest BCUT2D eigenvalue weighted by atomic mass is 16.7. The van der Waals surface area contributed by atoms with Crippen molar-refractivity contribution in [2.75, 3.05) is 6.61 Å². The number of nitro groups is 1. The molecule has 0 spiro atoms. The molecule has 1 rings (SSSR count). The summed E-state index contributed by atoms with van der Waals surface area (Å²) >= 11 is 0. The molecule has 0 saturated carbocycles. The summed E-state index contributed by atoms with van der Waals surface area (Å²) in [6.07, 6.45) is 0. The first-order chi connectivity index (χ1) is 7.65. The van der Waals surface area contributed by atoms with Crippen molar-refractivity contribution in [3.8, 4) is 5.75 Å². The van der Waals surface area contributed by atoms with Crippen LogP contribution in [0.4, 0.5) is 5.69 Å². The molecule has 0 heterocycles. The summed E-state index contributed by atoms with van der Waals surface area (Å²) in [6.45, 7) is 3.89. The molecule has 0 atom stereocenters. The van der Waals surface area contributed by atoms with Gasteiger partial charge >= 0.3 is 5.69 Å². The van der Waals surface area contributed by atoms with E-state index in [1.807, 2.05) is 6.92 Å². The van der Waals surface area contributed by atoms with Crippen molar-refractivity contribution in [2.45, 2.75) is 13.8 Å². The van der Waals surface area contributed by atoms with Crippen LogP contribution in [0.5, 0.6) is 5.75 Å². The van der Waals surface area contributed by atoms with Gasteiger partial charge in [0.25, 0.3) is 0 Å². The maximum atomic E-state index is 10.6. The summed E-state index contributed by atoms with van der Waals surface area (Å²) in [6, 6.07) is 6.01. The zero-order chi connectivity index (χ0) is 12.0. The van der Waals surface area contributed by atoms with Gasteiger partial charge in [0, 0.05) is 13.0 Å². The Morgan fingerprint density at radius 3 is 2.81 bits per heavy atom. The standard InChI is InChI=1S/C10H12N2O4/c1-3-15-8(2)11-16-10-7-5-4-6-9(10)12(13)14/h4-7H,3H2,1-2H3/b11-8+. The highest BCUT2D eigenvalue weighted by molar-refractivity contribution is 5.72. The second-order valence-corrected chi connectivity index (χ2v) is 2.86. The molecule has 0 fully saturated rings. The number of nitrogens with zero attached hydrogens (tertiary/aromatic N) is 2. The molecule has 86 valence electrons. The Kier molecular flexibility index (Phi) is 4.26. The molecule has 0 amide bonds. The van der Waals surface area contributed by atoms with Gasteiger partial charge in [-0.05, 0) is 18.1 Å². The van der Waals surface area contributed by atoms with Crippen LogP contribution in [-0.2, 0) is 4.74 Å². The number of ether oxygens (including phenoxy) is 1. The molecule has 0 radical (unpaired) electrons. The van der Waals surface area contributed by atoms with E-state index in [0.29, 0.717) is 12.5 Å². The molecule has 6 heteroatoms. The van der Waals surface area contributed by atoms with Gasteiger partial charge < -0.3 is 9.57 Å². The van der Waals surface area contributed by atoms with E-state index in [2.05, 4.69) is 5.16 Å². The molecule has 0 unspecified atom stereocenters. The first-order valence-electron chi connectivity index (χ1n) is 4.73. The van der Waals surface area contributed by atoms with Crippen LogP contribution in [0.25, 0.3) is 0 Å². The predicted molar refractivity (Wildman–Crippen MR) is 58.5 cm³/mol.